The average molecular weight is 358 g/mol. The monoisotopic (exact) mass is 358 g/mol. The highest BCUT2D eigenvalue weighted by atomic mass is 32.2. The molecule has 0 amide bonds. The first-order chi connectivity index (χ1) is 12.1. The highest BCUT2D eigenvalue weighted by Gasteiger charge is 2.20. The van der Waals surface area contributed by atoms with Gasteiger partial charge in [-0.25, -0.2) is 4.39 Å². The Hall–Kier alpha value is -2.67. The molecule has 0 saturated carbocycles. The Balaban J connectivity index is 1.69. The van der Waals surface area contributed by atoms with Crippen molar-refractivity contribution in [2.45, 2.75) is 17.4 Å². The molecule has 0 saturated heterocycles. The van der Waals surface area contributed by atoms with Gasteiger partial charge < -0.3 is 9.15 Å². The molecule has 0 bridgehead atoms. The zero-order valence-electron chi connectivity index (χ0n) is 13.6. The summed E-state index contributed by atoms with van der Waals surface area (Å²) in [6.07, 6.45) is 0. The second kappa shape index (κ2) is 7.48. The Bertz CT molecular complexity index is 863. The van der Waals surface area contributed by atoms with E-state index in [-0.39, 0.29) is 22.7 Å². The van der Waals surface area contributed by atoms with Crippen molar-refractivity contribution in [3.05, 3.63) is 59.9 Å². The normalized spacial score (nSPS) is 12.0. The first kappa shape index (κ1) is 17.2. The lowest BCUT2D eigenvalue weighted by Crippen LogP contribution is -2.13. The minimum atomic E-state index is -0.394. The van der Waals surface area contributed by atoms with Crippen LogP contribution in [0.1, 0.15) is 17.3 Å². The van der Waals surface area contributed by atoms with Crippen LogP contribution < -0.4 is 4.74 Å². The number of halogens is 1. The highest BCUT2D eigenvalue weighted by Crippen LogP contribution is 2.28. The van der Waals surface area contributed by atoms with Crippen LogP contribution in [0.25, 0.3) is 11.5 Å². The van der Waals surface area contributed by atoms with Crippen LogP contribution in [-0.2, 0) is 0 Å². The van der Waals surface area contributed by atoms with Gasteiger partial charge in [-0.15, -0.1) is 10.2 Å². The van der Waals surface area contributed by atoms with Crippen molar-refractivity contribution in [2.75, 3.05) is 7.11 Å². The van der Waals surface area contributed by atoms with Gasteiger partial charge in [0.05, 0.1) is 12.4 Å². The smallest absolute Gasteiger partial charge is 0.277 e. The van der Waals surface area contributed by atoms with E-state index < -0.39 is 5.25 Å². The van der Waals surface area contributed by atoms with Crippen LogP contribution in [0.4, 0.5) is 4.39 Å². The molecule has 0 aliphatic heterocycles. The molecule has 0 aliphatic carbocycles. The fourth-order valence-corrected chi connectivity index (χ4v) is 2.92. The molecule has 0 spiro atoms. The molecule has 0 N–H and O–H groups in total. The molecule has 3 aromatic rings. The van der Waals surface area contributed by atoms with E-state index in [2.05, 4.69) is 10.2 Å². The summed E-state index contributed by atoms with van der Waals surface area (Å²) in [6.45, 7) is 1.78. The summed E-state index contributed by atoms with van der Waals surface area (Å²) < 4.78 is 23.6. The summed E-state index contributed by atoms with van der Waals surface area (Å²) in [5, 5.41) is 7.77. The van der Waals surface area contributed by atoms with E-state index in [1.165, 1.54) is 23.9 Å². The van der Waals surface area contributed by atoms with Gasteiger partial charge in [0.1, 0.15) is 11.6 Å². The van der Waals surface area contributed by atoms with Gasteiger partial charge in [0, 0.05) is 11.1 Å². The van der Waals surface area contributed by atoms with Crippen molar-refractivity contribution in [1.29, 1.82) is 0 Å². The molecule has 0 radical (unpaired) electrons. The Morgan fingerprint density at radius 1 is 1.12 bits per heavy atom. The number of nitrogens with zero attached hydrogens (tertiary/aromatic N) is 2. The van der Waals surface area contributed by atoms with Gasteiger partial charge in [-0.05, 0) is 55.5 Å². The van der Waals surface area contributed by atoms with E-state index >= 15 is 0 Å². The van der Waals surface area contributed by atoms with Crippen LogP contribution >= 0.6 is 11.8 Å². The lowest BCUT2D eigenvalue weighted by Gasteiger charge is -2.08. The van der Waals surface area contributed by atoms with E-state index in [1.54, 1.807) is 50.4 Å². The molecule has 0 fully saturated rings. The summed E-state index contributed by atoms with van der Waals surface area (Å²) in [5.41, 5.74) is 1.20. The lowest BCUT2D eigenvalue weighted by molar-refractivity contribution is 0.0993. The second-order valence-electron chi connectivity index (χ2n) is 5.23. The van der Waals surface area contributed by atoms with Crippen LogP contribution in [0.5, 0.6) is 5.75 Å². The zero-order valence-corrected chi connectivity index (χ0v) is 14.4. The standard InChI is InChI=1S/C18H15FN2O3S/c1-11(16(22)12-5-9-15(23-2)10-6-12)25-18-21-20-17(24-18)13-3-7-14(19)8-4-13/h3-11H,1-2H3/t11-/m0/s1. The summed E-state index contributed by atoms with van der Waals surface area (Å²) >= 11 is 1.18. The highest BCUT2D eigenvalue weighted by molar-refractivity contribution is 8.00. The lowest BCUT2D eigenvalue weighted by atomic mass is 10.1. The SMILES string of the molecule is COc1ccc(C(=O)[C@H](C)Sc2nnc(-c3ccc(F)cc3)o2)cc1. The number of rotatable bonds is 6. The molecule has 5 nitrogen and oxygen atoms in total. The Morgan fingerprint density at radius 2 is 1.80 bits per heavy atom. The predicted molar refractivity (Wildman–Crippen MR) is 92.3 cm³/mol. The molecule has 1 heterocycles. The summed E-state index contributed by atoms with van der Waals surface area (Å²) in [4.78, 5) is 12.5. The predicted octanol–water partition coefficient (Wildman–Crippen LogP) is 4.25. The van der Waals surface area contributed by atoms with E-state index in [0.717, 1.165) is 0 Å². The number of methoxy groups -OCH3 is 1. The maximum atomic E-state index is 13.0. The van der Waals surface area contributed by atoms with Crippen molar-refractivity contribution in [2.24, 2.45) is 0 Å². The molecule has 3 rings (SSSR count). The third-order valence-electron chi connectivity index (χ3n) is 3.52. The topological polar surface area (TPSA) is 65.2 Å². The van der Waals surface area contributed by atoms with Crippen molar-refractivity contribution < 1.29 is 18.3 Å². The van der Waals surface area contributed by atoms with Crippen molar-refractivity contribution >= 4 is 17.5 Å². The number of Topliss-reactive ketones (excluding diaryl/α,β-unsaturated/α-hetero) is 1. The molecule has 0 aliphatic rings. The van der Waals surface area contributed by atoms with Crippen LogP contribution in [-0.4, -0.2) is 28.3 Å². The molecule has 25 heavy (non-hydrogen) atoms. The molecule has 1 atom stereocenters. The van der Waals surface area contributed by atoms with Crippen LogP contribution in [0.2, 0.25) is 0 Å². The maximum absolute atomic E-state index is 13.0. The Kier molecular flexibility index (Phi) is 5.14. The number of hydrogen-bond donors (Lipinski definition) is 0. The number of carbonyl (C=O) groups excluding carboxylic acids is 1. The second-order valence-corrected chi connectivity index (χ2v) is 6.52. The third kappa shape index (κ3) is 4.06. The maximum Gasteiger partial charge on any atom is 0.277 e. The molecule has 0 unspecified atom stereocenters. The van der Waals surface area contributed by atoms with Crippen molar-refractivity contribution in [1.82, 2.24) is 10.2 Å². The largest absolute Gasteiger partial charge is 0.497 e. The van der Waals surface area contributed by atoms with Crippen LogP contribution in [0, 0.1) is 5.82 Å². The summed E-state index contributed by atoms with van der Waals surface area (Å²) in [5.74, 6) is 0.593. The molecule has 7 heteroatoms. The Morgan fingerprint density at radius 3 is 2.44 bits per heavy atom. The van der Waals surface area contributed by atoms with Crippen LogP contribution in [0.15, 0.2) is 58.2 Å². The number of thioether (sulfide) groups is 1. The van der Waals surface area contributed by atoms with E-state index in [1.807, 2.05) is 0 Å². The van der Waals surface area contributed by atoms with Crippen LogP contribution in [0.3, 0.4) is 0 Å². The third-order valence-corrected chi connectivity index (χ3v) is 4.45. The summed E-state index contributed by atoms with van der Waals surface area (Å²) in [7, 11) is 1.57. The Labute approximate surface area is 148 Å². The molecule has 128 valence electrons. The minimum absolute atomic E-state index is 0.0471. The number of hydrogen-bond acceptors (Lipinski definition) is 6. The average Bonchev–Trinajstić information content (AvgIpc) is 3.10. The minimum Gasteiger partial charge on any atom is -0.497 e. The van der Waals surface area contributed by atoms with Gasteiger partial charge in [0.2, 0.25) is 5.89 Å². The fourth-order valence-electron chi connectivity index (χ4n) is 2.16. The molecule has 2 aromatic carbocycles. The van der Waals surface area contributed by atoms with Gasteiger partial charge in [0.25, 0.3) is 5.22 Å². The van der Waals surface area contributed by atoms with E-state index in [0.29, 0.717) is 16.9 Å². The molecular weight excluding hydrogens is 343 g/mol. The number of aromatic nitrogens is 2. The van der Waals surface area contributed by atoms with Crippen molar-refractivity contribution in [3.63, 3.8) is 0 Å². The number of benzene rings is 2. The fraction of sp³-hybridized carbons (Fsp3) is 0.167. The van der Waals surface area contributed by atoms with Gasteiger partial charge in [0.15, 0.2) is 5.78 Å². The number of ether oxygens (including phenoxy) is 1. The van der Waals surface area contributed by atoms with Gasteiger partial charge in [-0.1, -0.05) is 11.8 Å². The summed E-state index contributed by atoms with van der Waals surface area (Å²) in [6, 6.07) is 12.7. The van der Waals surface area contributed by atoms with Crippen molar-refractivity contribution in [3.8, 4) is 17.2 Å². The number of ketones is 1. The quantitative estimate of drug-likeness (QED) is 0.485. The van der Waals surface area contributed by atoms with E-state index in [9.17, 15) is 9.18 Å². The number of carbonyl (C=O) groups is 1. The van der Waals surface area contributed by atoms with Gasteiger partial charge in [-0.2, -0.15) is 0 Å². The van der Waals surface area contributed by atoms with Gasteiger partial charge in [-0.3, -0.25) is 4.79 Å². The molecular formula is C18H15FN2O3S. The first-order valence-electron chi connectivity index (χ1n) is 7.51. The van der Waals surface area contributed by atoms with E-state index in [4.69, 9.17) is 9.15 Å². The van der Waals surface area contributed by atoms with Gasteiger partial charge >= 0.3 is 0 Å². The molecule has 1 aromatic heterocycles. The zero-order chi connectivity index (χ0) is 17.8. The first-order valence-corrected chi connectivity index (χ1v) is 8.39.